The molecule has 4 amide bonds. The van der Waals surface area contributed by atoms with Crippen LogP contribution in [0.2, 0.25) is 0 Å². The Morgan fingerprint density at radius 2 is 0.875 bits per heavy atom. The first-order valence-corrected chi connectivity index (χ1v) is 17.0. The third-order valence-electron chi connectivity index (χ3n) is 7.66. The summed E-state index contributed by atoms with van der Waals surface area (Å²) >= 11 is 0. The number of ether oxygens (including phenoxy) is 5. The van der Waals surface area contributed by atoms with Gasteiger partial charge in [-0.1, -0.05) is 60.7 Å². The van der Waals surface area contributed by atoms with Gasteiger partial charge in [0, 0.05) is 6.07 Å². The van der Waals surface area contributed by atoms with E-state index in [1.165, 1.54) is 32.2 Å². The maximum atomic E-state index is 12.9. The SMILES string of the molecule is COc1ccccc1NC(=O)COc1ccccc1NC(=O)COc1ccccc1NC(=O)COc1ccccc1NC(=O)C(C)Oc1ccccc1[N+](=O)[O-]. The standard InChI is InChI=1S/C40H37N5O11/c1-26(56-36-22-12-7-17-31(36)45(50)51)40(49)44-30-16-6-11-21-35(30)55-25-39(48)43-29-15-5-10-20-34(29)54-24-38(47)42-28-14-4-9-19-33(28)53-23-37(46)41-27-13-3-8-18-32(27)52-2/h3-22,26H,23-25H2,1-2H3,(H,41,46)(H,42,47)(H,43,48)(H,44,49). The van der Waals surface area contributed by atoms with Crippen molar-refractivity contribution in [2.24, 2.45) is 0 Å². The minimum atomic E-state index is -1.11. The van der Waals surface area contributed by atoms with Gasteiger partial charge in [-0.15, -0.1) is 0 Å². The van der Waals surface area contributed by atoms with Crippen molar-refractivity contribution in [2.45, 2.75) is 13.0 Å². The van der Waals surface area contributed by atoms with Crippen molar-refractivity contribution in [1.29, 1.82) is 0 Å². The van der Waals surface area contributed by atoms with E-state index in [2.05, 4.69) is 21.3 Å². The number of carbonyl (C=O) groups is 4. The number of carbonyl (C=O) groups excluding carboxylic acids is 4. The summed E-state index contributed by atoms with van der Waals surface area (Å²) in [5.74, 6) is -1.09. The summed E-state index contributed by atoms with van der Waals surface area (Å²) in [6, 6.07) is 32.1. The minimum absolute atomic E-state index is 0.0641. The highest BCUT2D eigenvalue weighted by atomic mass is 16.6. The lowest BCUT2D eigenvalue weighted by Crippen LogP contribution is -2.30. The zero-order chi connectivity index (χ0) is 39.9. The number of nitro benzene ring substituents is 1. The van der Waals surface area contributed by atoms with E-state index in [1.807, 2.05) is 0 Å². The number of para-hydroxylation sites is 10. The Balaban J connectivity index is 1.11. The fourth-order valence-electron chi connectivity index (χ4n) is 5.01. The fraction of sp³-hybridized carbons (Fsp3) is 0.150. The van der Waals surface area contributed by atoms with E-state index in [4.69, 9.17) is 23.7 Å². The maximum Gasteiger partial charge on any atom is 0.310 e. The van der Waals surface area contributed by atoms with Crippen LogP contribution in [0.15, 0.2) is 121 Å². The molecule has 288 valence electrons. The molecule has 16 heteroatoms. The van der Waals surface area contributed by atoms with Crippen LogP contribution in [0.3, 0.4) is 0 Å². The van der Waals surface area contributed by atoms with Crippen LogP contribution in [-0.4, -0.2) is 61.6 Å². The van der Waals surface area contributed by atoms with E-state index in [0.29, 0.717) is 17.1 Å². The van der Waals surface area contributed by atoms with Gasteiger partial charge in [-0.2, -0.15) is 0 Å². The first-order valence-electron chi connectivity index (χ1n) is 17.0. The van der Waals surface area contributed by atoms with Crippen LogP contribution in [0.4, 0.5) is 28.4 Å². The Morgan fingerprint density at radius 3 is 1.29 bits per heavy atom. The summed E-state index contributed by atoms with van der Waals surface area (Å²) < 4.78 is 27.9. The Hall–Kier alpha value is -7.62. The highest BCUT2D eigenvalue weighted by Gasteiger charge is 2.22. The van der Waals surface area contributed by atoms with E-state index >= 15 is 0 Å². The molecule has 1 unspecified atom stereocenters. The molecule has 16 nitrogen and oxygen atoms in total. The lowest BCUT2D eigenvalue weighted by atomic mass is 10.2. The average Bonchev–Trinajstić information content (AvgIpc) is 3.20. The maximum absolute atomic E-state index is 12.9. The Bertz CT molecular complexity index is 2200. The van der Waals surface area contributed by atoms with E-state index < -0.39 is 47.9 Å². The summed E-state index contributed by atoms with van der Waals surface area (Å²) in [4.78, 5) is 62.0. The van der Waals surface area contributed by atoms with Gasteiger partial charge >= 0.3 is 5.69 Å². The number of amides is 4. The summed E-state index contributed by atoms with van der Waals surface area (Å²) in [5.41, 5.74) is 1.01. The molecule has 0 saturated heterocycles. The molecule has 56 heavy (non-hydrogen) atoms. The number of nitrogens with zero attached hydrogens (tertiary/aromatic N) is 1. The number of nitro groups is 1. The number of hydrogen-bond acceptors (Lipinski definition) is 11. The molecule has 5 aromatic carbocycles. The van der Waals surface area contributed by atoms with Gasteiger partial charge in [0.2, 0.25) is 0 Å². The van der Waals surface area contributed by atoms with Crippen molar-refractivity contribution < 1.29 is 47.8 Å². The molecule has 1 atom stereocenters. The van der Waals surface area contributed by atoms with E-state index in [1.54, 1.807) is 103 Å². The third kappa shape index (κ3) is 11.2. The first kappa shape index (κ1) is 39.6. The number of hydrogen-bond donors (Lipinski definition) is 4. The molecule has 0 aliphatic rings. The summed E-state index contributed by atoms with van der Waals surface area (Å²) in [6.45, 7) is 0.209. The predicted molar refractivity (Wildman–Crippen MR) is 207 cm³/mol. The zero-order valence-corrected chi connectivity index (χ0v) is 30.2. The number of nitrogens with one attached hydrogen (secondary N) is 4. The molecule has 0 bridgehead atoms. The number of benzene rings is 5. The Kier molecular flexibility index (Phi) is 13.8. The second kappa shape index (κ2) is 19.5. The molecule has 0 heterocycles. The summed E-state index contributed by atoms with van der Waals surface area (Å²) in [5, 5.41) is 22.1. The summed E-state index contributed by atoms with van der Waals surface area (Å²) in [7, 11) is 1.50. The van der Waals surface area contributed by atoms with Crippen molar-refractivity contribution in [1.82, 2.24) is 0 Å². The molecule has 5 rings (SSSR count). The molecule has 0 aliphatic carbocycles. The topological polar surface area (TPSA) is 206 Å². The monoisotopic (exact) mass is 763 g/mol. The molecule has 0 saturated carbocycles. The Morgan fingerprint density at radius 1 is 0.536 bits per heavy atom. The van der Waals surface area contributed by atoms with Gasteiger partial charge in [-0.05, 0) is 61.5 Å². The van der Waals surface area contributed by atoms with Crippen LogP contribution in [0, 0.1) is 10.1 Å². The first-order chi connectivity index (χ1) is 27.1. The van der Waals surface area contributed by atoms with Gasteiger partial charge in [0.25, 0.3) is 23.6 Å². The lowest BCUT2D eigenvalue weighted by Gasteiger charge is -2.17. The van der Waals surface area contributed by atoms with Gasteiger partial charge in [0.05, 0.1) is 34.8 Å². The van der Waals surface area contributed by atoms with Gasteiger partial charge < -0.3 is 45.0 Å². The molecule has 0 radical (unpaired) electrons. The molecule has 0 fully saturated rings. The van der Waals surface area contributed by atoms with E-state index in [-0.39, 0.29) is 46.7 Å². The van der Waals surface area contributed by atoms with Crippen LogP contribution in [-0.2, 0) is 19.2 Å². The highest BCUT2D eigenvalue weighted by molar-refractivity contribution is 5.97. The van der Waals surface area contributed by atoms with Crippen molar-refractivity contribution in [2.75, 3.05) is 48.2 Å². The fourth-order valence-corrected chi connectivity index (χ4v) is 5.01. The predicted octanol–water partition coefficient (Wildman–Crippen LogP) is 6.06. The Labute approximate surface area is 320 Å². The minimum Gasteiger partial charge on any atom is -0.495 e. The molecule has 5 aromatic rings. The lowest BCUT2D eigenvalue weighted by molar-refractivity contribution is -0.386. The van der Waals surface area contributed by atoms with Crippen molar-refractivity contribution in [3.8, 4) is 28.7 Å². The van der Waals surface area contributed by atoms with Crippen LogP contribution in [0.25, 0.3) is 0 Å². The molecular weight excluding hydrogens is 726 g/mol. The molecule has 0 aliphatic heterocycles. The largest absolute Gasteiger partial charge is 0.495 e. The van der Waals surface area contributed by atoms with Gasteiger partial charge in [-0.3, -0.25) is 29.3 Å². The van der Waals surface area contributed by atoms with Crippen molar-refractivity contribution in [3.05, 3.63) is 131 Å². The number of anilines is 4. The molecular formula is C40H37N5O11. The second-order valence-electron chi connectivity index (χ2n) is 11.7. The highest BCUT2D eigenvalue weighted by Crippen LogP contribution is 2.30. The van der Waals surface area contributed by atoms with Gasteiger partial charge in [0.15, 0.2) is 31.7 Å². The van der Waals surface area contributed by atoms with Crippen LogP contribution >= 0.6 is 0 Å². The number of rotatable bonds is 18. The molecule has 0 aromatic heterocycles. The molecule has 4 N–H and O–H groups in total. The van der Waals surface area contributed by atoms with Crippen molar-refractivity contribution >= 4 is 52.1 Å². The van der Waals surface area contributed by atoms with Crippen molar-refractivity contribution in [3.63, 3.8) is 0 Å². The zero-order valence-electron chi connectivity index (χ0n) is 30.2. The normalized spacial score (nSPS) is 10.9. The smallest absolute Gasteiger partial charge is 0.310 e. The van der Waals surface area contributed by atoms with E-state index in [9.17, 15) is 29.3 Å². The second-order valence-corrected chi connectivity index (χ2v) is 11.7. The van der Waals surface area contributed by atoms with Gasteiger partial charge in [0.1, 0.15) is 23.0 Å². The van der Waals surface area contributed by atoms with Crippen LogP contribution < -0.4 is 45.0 Å². The van der Waals surface area contributed by atoms with Crippen LogP contribution in [0.1, 0.15) is 6.92 Å². The van der Waals surface area contributed by atoms with E-state index in [0.717, 1.165) is 0 Å². The quantitative estimate of drug-likeness (QED) is 0.0596. The van der Waals surface area contributed by atoms with Crippen LogP contribution in [0.5, 0.6) is 28.7 Å². The number of methoxy groups -OCH3 is 1. The van der Waals surface area contributed by atoms with Gasteiger partial charge in [-0.25, -0.2) is 0 Å². The third-order valence-corrected chi connectivity index (χ3v) is 7.66. The summed E-state index contributed by atoms with van der Waals surface area (Å²) in [6.07, 6.45) is -1.11. The molecule has 0 spiro atoms. The average molecular weight is 764 g/mol.